The maximum Gasteiger partial charge on any atom is 0.298 e. The maximum absolute atomic E-state index is 5.62. The van der Waals surface area contributed by atoms with Crippen molar-refractivity contribution in [3.63, 3.8) is 0 Å². The quantitative estimate of drug-likeness (QED) is 0.689. The maximum atomic E-state index is 5.62. The van der Waals surface area contributed by atoms with Crippen LogP contribution in [0.25, 0.3) is 0 Å². The van der Waals surface area contributed by atoms with Crippen LogP contribution in [0.3, 0.4) is 0 Å². The Kier molecular flexibility index (Phi) is 3.48. The number of nitrogens with two attached hydrogens (primary N) is 1. The van der Waals surface area contributed by atoms with Gasteiger partial charge < -0.3 is 10.5 Å². The summed E-state index contributed by atoms with van der Waals surface area (Å²) in [5.41, 5.74) is 6.22. The van der Waals surface area contributed by atoms with E-state index < -0.39 is 4.84 Å². The Morgan fingerprint density at radius 2 is 1.94 bits per heavy atom. The lowest BCUT2D eigenvalue weighted by Crippen LogP contribution is -1.87. The van der Waals surface area contributed by atoms with Crippen molar-refractivity contribution in [1.82, 2.24) is 9.36 Å². The fourth-order valence-corrected chi connectivity index (χ4v) is 1.88. The van der Waals surface area contributed by atoms with Crippen LogP contribution in [0.4, 0.5) is 5.69 Å². The van der Waals surface area contributed by atoms with Crippen molar-refractivity contribution in [3.05, 3.63) is 30.1 Å². The molecule has 0 saturated carbocycles. The van der Waals surface area contributed by atoms with Gasteiger partial charge in [-0.05, 0) is 24.3 Å². The van der Waals surface area contributed by atoms with E-state index in [9.17, 15) is 0 Å². The summed E-state index contributed by atoms with van der Waals surface area (Å²) in [6, 6.07) is 6.97. The Morgan fingerprint density at radius 3 is 2.50 bits per heavy atom. The van der Waals surface area contributed by atoms with Crippen LogP contribution in [0.15, 0.2) is 24.3 Å². The van der Waals surface area contributed by atoms with E-state index >= 15 is 0 Å². The van der Waals surface area contributed by atoms with E-state index in [1.165, 1.54) is 0 Å². The zero-order valence-corrected chi connectivity index (χ0v) is 10.3. The summed E-state index contributed by atoms with van der Waals surface area (Å²) in [6.45, 7) is 0. The van der Waals surface area contributed by atoms with E-state index in [1.54, 1.807) is 24.3 Å². The number of alkyl halides is 2. The molecule has 1 heterocycles. The fraction of sp³-hybridized carbons (Fsp3) is 0.111. The number of benzene rings is 1. The summed E-state index contributed by atoms with van der Waals surface area (Å²) in [5.74, 6) is 0.983. The molecule has 0 saturated heterocycles. The molecular formula is C9H7Cl2N3OS. The molecule has 1 aromatic heterocycles. The molecule has 84 valence electrons. The Labute approximate surface area is 106 Å². The van der Waals surface area contributed by atoms with Gasteiger partial charge in [0.1, 0.15) is 5.75 Å². The van der Waals surface area contributed by atoms with Crippen LogP contribution in [0.2, 0.25) is 0 Å². The second kappa shape index (κ2) is 4.86. The van der Waals surface area contributed by atoms with Crippen LogP contribution in [-0.4, -0.2) is 9.36 Å². The van der Waals surface area contributed by atoms with Gasteiger partial charge in [0.2, 0.25) is 0 Å². The lowest BCUT2D eigenvalue weighted by atomic mass is 10.3. The molecule has 0 unspecified atom stereocenters. The number of hydrogen-bond acceptors (Lipinski definition) is 5. The van der Waals surface area contributed by atoms with Crippen molar-refractivity contribution >= 4 is 40.4 Å². The van der Waals surface area contributed by atoms with Crippen LogP contribution in [0.5, 0.6) is 10.9 Å². The number of ether oxygens (including phenoxy) is 1. The highest BCUT2D eigenvalue weighted by Crippen LogP contribution is 2.29. The largest absolute Gasteiger partial charge is 0.430 e. The normalized spacial score (nSPS) is 10.7. The van der Waals surface area contributed by atoms with Crippen molar-refractivity contribution in [2.24, 2.45) is 0 Å². The molecule has 4 nitrogen and oxygen atoms in total. The molecule has 0 radical (unpaired) electrons. The molecule has 2 rings (SSSR count). The van der Waals surface area contributed by atoms with Gasteiger partial charge in [-0.2, -0.15) is 9.36 Å². The summed E-state index contributed by atoms with van der Waals surface area (Å²) in [5, 5.41) is 0.395. The third-order valence-corrected chi connectivity index (χ3v) is 2.70. The average Bonchev–Trinajstić information content (AvgIpc) is 2.70. The minimum atomic E-state index is -0.736. The Hall–Kier alpha value is -1.04. The van der Waals surface area contributed by atoms with Crippen LogP contribution >= 0.6 is 34.7 Å². The number of hydrogen-bond donors (Lipinski definition) is 1. The SMILES string of the molecule is Nc1ccc(Oc2nc(C(Cl)Cl)ns2)cc1. The Balaban J connectivity index is 2.11. The zero-order chi connectivity index (χ0) is 11.5. The van der Waals surface area contributed by atoms with Crippen LogP contribution in [-0.2, 0) is 0 Å². The first kappa shape index (κ1) is 11.4. The molecule has 2 N–H and O–H groups in total. The average molecular weight is 276 g/mol. The minimum absolute atomic E-state index is 0.346. The highest BCUT2D eigenvalue weighted by atomic mass is 35.5. The topological polar surface area (TPSA) is 61.0 Å². The summed E-state index contributed by atoms with van der Waals surface area (Å²) < 4.78 is 9.38. The van der Waals surface area contributed by atoms with Gasteiger partial charge in [-0.25, -0.2) is 0 Å². The zero-order valence-electron chi connectivity index (χ0n) is 7.93. The highest BCUT2D eigenvalue weighted by Gasteiger charge is 2.12. The minimum Gasteiger partial charge on any atom is -0.430 e. The Bertz CT molecular complexity index is 472. The molecule has 0 aliphatic rings. The standard InChI is InChI=1S/C9H7Cl2N3OS/c10-7(11)8-13-9(16-14-8)15-6-3-1-5(12)2-4-6/h1-4,7H,12H2. The second-order valence-corrected chi connectivity index (χ2v) is 4.70. The lowest BCUT2D eigenvalue weighted by Gasteiger charge is -2.00. The molecule has 0 aliphatic heterocycles. The molecule has 0 spiro atoms. The van der Waals surface area contributed by atoms with E-state index in [-0.39, 0.29) is 0 Å². The smallest absolute Gasteiger partial charge is 0.298 e. The molecular weight excluding hydrogens is 269 g/mol. The second-order valence-electron chi connectivity index (χ2n) is 2.89. The predicted molar refractivity (Wildman–Crippen MR) is 65.3 cm³/mol. The van der Waals surface area contributed by atoms with Gasteiger partial charge in [0.25, 0.3) is 5.19 Å². The van der Waals surface area contributed by atoms with Crippen molar-refractivity contribution in [3.8, 4) is 10.9 Å². The van der Waals surface area contributed by atoms with Crippen molar-refractivity contribution in [2.75, 3.05) is 5.73 Å². The molecule has 0 atom stereocenters. The lowest BCUT2D eigenvalue weighted by molar-refractivity contribution is 0.477. The Morgan fingerprint density at radius 1 is 1.25 bits per heavy atom. The van der Waals surface area contributed by atoms with E-state index in [0.29, 0.717) is 22.5 Å². The molecule has 7 heteroatoms. The van der Waals surface area contributed by atoms with Gasteiger partial charge >= 0.3 is 0 Å². The van der Waals surface area contributed by atoms with Crippen molar-refractivity contribution in [2.45, 2.75) is 4.84 Å². The molecule has 0 fully saturated rings. The monoisotopic (exact) mass is 275 g/mol. The summed E-state index contributed by atoms with van der Waals surface area (Å²) in [4.78, 5) is 3.28. The van der Waals surface area contributed by atoms with Gasteiger partial charge in [-0.1, -0.05) is 23.2 Å². The van der Waals surface area contributed by atoms with E-state index in [4.69, 9.17) is 33.7 Å². The number of aromatic nitrogens is 2. The molecule has 1 aromatic carbocycles. The highest BCUT2D eigenvalue weighted by molar-refractivity contribution is 7.07. The van der Waals surface area contributed by atoms with Gasteiger partial charge in [0.15, 0.2) is 10.7 Å². The molecule has 0 bridgehead atoms. The number of nitrogen functional groups attached to an aromatic ring is 1. The first-order valence-electron chi connectivity index (χ1n) is 4.30. The van der Waals surface area contributed by atoms with E-state index in [0.717, 1.165) is 11.5 Å². The number of anilines is 1. The van der Waals surface area contributed by atoms with Crippen molar-refractivity contribution < 1.29 is 4.74 Å². The van der Waals surface area contributed by atoms with Crippen LogP contribution in [0, 0.1) is 0 Å². The van der Waals surface area contributed by atoms with E-state index in [2.05, 4.69) is 9.36 Å². The summed E-state index contributed by atoms with van der Waals surface area (Å²) >= 11 is 12.3. The third kappa shape index (κ3) is 2.75. The predicted octanol–water partition coefficient (Wildman–Crippen LogP) is 3.39. The van der Waals surface area contributed by atoms with Gasteiger partial charge in [0.05, 0.1) is 0 Å². The van der Waals surface area contributed by atoms with Gasteiger partial charge in [-0.15, -0.1) is 0 Å². The number of rotatable bonds is 3. The van der Waals surface area contributed by atoms with Gasteiger partial charge in [0, 0.05) is 17.2 Å². The fourth-order valence-electron chi connectivity index (χ4n) is 0.987. The molecule has 16 heavy (non-hydrogen) atoms. The first-order valence-corrected chi connectivity index (χ1v) is 5.95. The first-order chi connectivity index (χ1) is 7.65. The molecule has 0 amide bonds. The van der Waals surface area contributed by atoms with E-state index in [1.807, 2.05) is 0 Å². The summed E-state index contributed by atoms with van der Waals surface area (Å²) in [7, 11) is 0. The molecule has 2 aromatic rings. The summed E-state index contributed by atoms with van der Waals surface area (Å²) in [6.07, 6.45) is 0. The van der Waals surface area contributed by atoms with Crippen molar-refractivity contribution in [1.29, 1.82) is 0 Å². The van der Waals surface area contributed by atoms with Crippen LogP contribution in [0.1, 0.15) is 10.7 Å². The number of nitrogens with zero attached hydrogens (tertiary/aromatic N) is 2. The number of halogens is 2. The molecule has 0 aliphatic carbocycles. The van der Waals surface area contributed by atoms with Gasteiger partial charge in [-0.3, -0.25) is 0 Å². The van der Waals surface area contributed by atoms with Crippen LogP contribution < -0.4 is 10.5 Å². The third-order valence-electron chi connectivity index (χ3n) is 1.70.